The first-order valence-electron chi connectivity index (χ1n) is 23.1. The summed E-state index contributed by atoms with van der Waals surface area (Å²) in [6.45, 7) is 9.71. The third-order valence-electron chi connectivity index (χ3n) is 11.2. The molecule has 0 bridgehead atoms. The van der Waals surface area contributed by atoms with Crippen molar-refractivity contribution in [1.29, 1.82) is 0 Å². The van der Waals surface area contributed by atoms with Gasteiger partial charge in [0.2, 0.25) is 0 Å². The molecule has 0 N–H and O–H groups in total. The Labute approximate surface area is 329 Å². The van der Waals surface area contributed by atoms with Crippen LogP contribution in [0.2, 0.25) is 0 Å². The fraction of sp³-hybridized carbons (Fsp3) is 0.740. The third-order valence-corrected chi connectivity index (χ3v) is 11.2. The number of benzene rings is 2. The molecule has 0 heterocycles. The Bertz CT molecular complexity index is 1110. The predicted molar refractivity (Wildman–Crippen MR) is 231 cm³/mol. The van der Waals surface area contributed by atoms with Crippen molar-refractivity contribution in [1.82, 2.24) is 0 Å². The fourth-order valence-electron chi connectivity index (χ4n) is 7.69. The molecule has 2 unspecified atom stereocenters. The molecule has 2 aromatic rings. The summed E-state index contributed by atoms with van der Waals surface area (Å²) in [6.07, 6.45) is 39.8. The van der Waals surface area contributed by atoms with Crippen LogP contribution in [0.25, 0.3) is 11.1 Å². The van der Waals surface area contributed by atoms with Gasteiger partial charge in [-0.1, -0.05) is 230 Å². The topological polar surface area (TPSA) is 35.5 Å². The average Bonchev–Trinajstić information content (AvgIpc) is 3.18. The van der Waals surface area contributed by atoms with E-state index in [0.29, 0.717) is 5.56 Å². The van der Waals surface area contributed by atoms with Crippen molar-refractivity contribution in [3.05, 3.63) is 59.7 Å². The zero-order valence-electron chi connectivity index (χ0n) is 35.4. The molecule has 53 heavy (non-hydrogen) atoms. The van der Waals surface area contributed by atoms with E-state index < -0.39 is 0 Å². The summed E-state index contributed by atoms with van der Waals surface area (Å²) >= 11 is 0. The summed E-state index contributed by atoms with van der Waals surface area (Å²) < 4.78 is 12.4. The van der Waals surface area contributed by atoms with Crippen LogP contribution < -0.4 is 0 Å². The molecule has 0 saturated carbocycles. The van der Waals surface area contributed by atoms with Crippen molar-refractivity contribution in [2.45, 2.75) is 233 Å². The number of unbranched alkanes of at least 4 members (excludes halogenated alkanes) is 25. The molecule has 302 valence electrons. The predicted octanol–water partition coefficient (Wildman–Crippen LogP) is 16.7. The molecule has 0 radical (unpaired) electrons. The molecule has 0 spiro atoms. The van der Waals surface area contributed by atoms with Crippen molar-refractivity contribution >= 4 is 5.97 Å². The van der Waals surface area contributed by atoms with Crippen LogP contribution in [-0.2, 0) is 9.47 Å². The molecular weight excluding hydrogens is 649 g/mol. The number of hydrogen-bond acceptors (Lipinski definition) is 3. The Morgan fingerprint density at radius 2 is 0.925 bits per heavy atom. The van der Waals surface area contributed by atoms with Crippen LogP contribution in [0.4, 0.5) is 0 Å². The van der Waals surface area contributed by atoms with Crippen LogP contribution in [0, 0.1) is 0 Å². The first kappa shape index (κ1) is 47.0. The first-order valence-corrected chi connectivity index (χ1v) is 23.1. The molecule has 0 aliphatic carbocycles. The van der Waals surface area contributed by atoms with Crippen LogP contribution in [0.3, 0.4) is 0 Å². The molecular formula is C50H84O3. The molecule has 3 heteroatoms. The molecule has 2 aromatic carbocycles. The normalized spacial score (nSPS) is 12.6. The molecule has 0 aliphatic rings. The minimum absolute atomic E-state index is 0.00505. The summed E-state index contributed by atoms with van der Waals surface area (Å²) in [5.41, 5.74) is 3.82. The van der Waals surface area contributed by atoms with Gasteiger partial charge in [-0.25, -0.2) is 4.79 Å². The Balaban J connectivity index is 1.61. The van der Waals surface area contributed by atoms with E-state index in [1.165, 1.54) is 166 Å². The van der Waals surface area contributed by atoms with Crippen molar-refractivity contribution in [3.63, 3.8) is 0 Å². The Morgan fingerprint density at radius 3 is 1.40 bits per heavy atom. The van der Waals surface area contributed by atoms with Gasteiger partial charge >= 0.3 is 5.97 Å². The summed E-state index contributed by atoms with van der Waals surface area (Å²) in [6, 6.07) is 16.5. The van der Waals surface area contributed by atoms with E-state index in [1.807, 2.05) is 24.3 Å². The van der Waals surface area contributed by atoms with Crippen molar-refractivity contribution in [3.8, 4) is 11.1 Å². The van der Waals surface area contributed by atoms with E-state index in [9.17, 15) is 4.79 Å². The minimum atomic E-state index is -0.194. The molecule has 3 nitrogen and oxygen atoms in total. The lowest BCUT2D eigenvalue weighted by molar-refractivity contribution is 0.0254. The second kappa shape index (κ2) is 33.2. The van der Waals surface area contributed by atoms with E-state index in [4.69, 9.17) is 9.47 Å². The standard InChI is InChI=1S/C50H84O3/c1-5-8-10-12-14-16-17-18-19-20-21-22-23-24-26-28-30-34-43-52-44(4)45-39-41-46(42-40-45)48-37-32-33-38-49(48)50(51)53-47(35-7-3)36-31-29-27-25-15-13-11-9-6-2/h32-33,37-42,44,47H,5-31,34-36,43H2,1-4H3. The lowest BCUT2D eigenvalue weighted by atomic mass is 9.97. The highest BCUT2D eigenvalue weighted by Gasteiger charge is 2.19. The highest BCUT2D eigenvalue weighted by Crippen LogP contribution is 2.28. The van der Waals surface area contributed by atoms with Gasteiger partial charge in [-0.3, -0.25) is 0 Å². The van der Waals surface area contributed by atoms with Gasteiger partial charge in [-0.05, 0) is 55.4 Å². The average molecular weight is 733 g/mol. The highest BCUT2D eigenvalue weighted by atomic mass is 16.5. The highest BCUT2D eigenvalue weighted by molar-refractivity contribution is 5.97. The summed E-state index contributed by atoms with van der Waals surface area (Å²) in [5, 5.41) is 0. The summed E-state index contributed by atoms with van der Waals surface area (Å²) in [4.78, 5) is 13.5. The van der Waals surface area contributed by atoms with Crippen molar-refractivity contribution < 1.29 is 14.3 Å². The van der Waals surface area contributed by atoms with E-state index in [1.54, 1.807) is 0 Å². The van der Waals surface area contributed by atoms with Gasteiger partial charge < -0.3 is 9.47 Å². The maximum absolute atomic E-state index is 13.5. The van der Waals surface area contributed by atoms with Gasteiger partial charge in [0.25, 0.3) is 0 Å². The van der Waals surface area contributed by atoms with E-state index in [0.717, 1.165) is 49.8 Å². The first-order chi connectivity index (χ1) is 26.1. The van der Waals surface area contributed by atoms with Crippen LogP contribution in [0.5, 0.6) is 0 Å². The lowest BCUT2D eigenvalue weighted by Gasteiger charge is -2.19. The van der Waals surface area contributed by atoms with E-state index in [-0.39, 0.29) is 18.2 Å². The lowest BCUT2D eigenvalue weighted by Crippen LogP contribution is -2.19. The number of esters is 1. The number of rotatable bonds is 36. The molecule has 0 amide bonds. The Kier molecular flexibility index (Phi) is 29.5. The SMILES string of the molecule is CCCCCCCCCCCCCCCCCCCCOC(C)c1ccc(-c2ccccc2C(=O)OC(CCC)CCCCCCCCCCC)cc1. The van der Waals surface area contributed by atoms with E-state index >= 15 is 0 Å². The van der Waals surface area contributed by atoms with Crippen LogP contribution in [0.1, 0.15) is 242 Å². The largest absolute Gasteiger partial charge is 0.459 e. The van der Waals surface area contributed by atoms with Crippen LogP contribution >= 0.6 is 0 Å². The van der Waals surface area contributed by atoms with Gasteiger partial charge in [-0.2, -0.15) is 0 Å². The monoisotopic (exact) mass is 733 g/mol. The smallest absolute Gasteiger partial charge is 0.339 e. The maximum Gasteiger partial charge on any atom is 0.339 e. The minimum Gasteiger partial charge on any atom is -0.459 e. The Morgan fingerprint density at radius 1 is 0.491 bits per heavy atom. The van der Waals surface area contributed by atoms with Crippen molar-refractivity contribution in [2.75, 3.05) is 6.61 Å². The number of hydrogen-bond donors (Lipinski definition) is 0. The van der Waals surface area contributed by atoms with E-state index in [2.05, 4.69) is 52.0 Å². The van der Waals surface area contributed by atoms with Gasteiger partial charge in [0.05, 0.1) is 11.7 Å². The summed E-state index contributed by atoms with van der Waals surface area (Å²) in [7, 11) is 0. The van der Waals surface area contributed by atoms with Gasteiger partial charge in [0, 0.05) is 6.61 Å². The van der Waals surface area contributed by atoms with Gasteiger partial charge in [0.15, 0.2) is 0 Å². The number of carbonyl (C=O) groups excluding carboxylic acids is 1. The zero-order chi connectivity index (χ0) is 38.0. The number of ether oxygens (including phenoxy) is 2. The quantitative estimate of drug-likeness (QED) is 0.0517. The molecule has 0 aliphatic heterocycles. The zero-order valence-corrected chi connectivity index (χ0v) is 35.4. The second-order valence-corrected chi connectivity index (χ2v) is 16.1. The van der Waals surface area contributed by atoms with Gasteiger partial charge in [-0.15, -0.1) is 0 Å². The second-order valence-electron chi connectivity index (χ2n) is 16.1. The van der Waals surface area contributed by atoms with Crippen LogP contribution in [-0.4, -0.2) is 18.7 Å². The summed E-state index contributed by atoms with van der Waals surface area (Å²) in [5.74, 6) is -0.194. The molecule has 2 atom stereocenters. The molecule has 0 aromatic heterocycles. The number of carbonyl (C=O) groups is 1. The fourth-order valence-corrected chi connectivity index (χ4v) is 7.69. The Hall–Kier alpha value is -2.13. The maximum atomic E-state index is 13.5. The van der Waals surface area contributed by atoms with Crippen molar-refractivity contribution in [2.24, 2.45) is 0 Å². The van der Waals surface area contributed by atoms with Crippen LogP contribution in [0.15, 0.2) is 48.5 Å². The molecule has 0 saturated heterocycles. The third kappa shape index (κ3) is 23.4. The van der Waals surface area contributed by atoms with Gasteiger partial charge in [0.1, 0.15) is 6.10 Å². The molecule has 0 fully saturated rings. The molecule has 2 rings (SSSR count).